The molecule has 0 radical (unpaired) electrons. The fraction of sp³-hybridized carbons (Fsp3) is 0.550. The molecule has 0 amide bonds. The molecule has 2 rings (SSSR count). The van der Waals surface area contributed by atoms with E-state index in [4.69, 9.17) is 9.30 Å². The summed E-state index contributed by atoms with van der Waals surface area (Å²) >= 11 is 0.000000000000000111. The Kier molecular flexibility index (Phi) is 24.2. The van der Waals surface area contributed by atoms with Crippen LogP contribution in [-0.4, -0.2) is 7.63 Å². The van der Waals surface area contributed by atoms with Crippen LogP contribution in [0.4, 0.5) is 0 Å². The van der Waals surface area contributed by atoms with Gasteiger partial charge in [-0.1, -0.05) is 53.4 Å². The molecule has 2 aliphatic rings. The van der Waals surface area contributed by atoms with Crippen LogP contribution in [0.5, 0.6) is 0 Å². The molecule has 0 aromatic heterocycles. The zero-order valence-corrected chi connectivity index (χ0v) is 22.6. The Bertz CT molecular complexity index is 473. The molecule has 0 fully saturated rings. The van der Waals surface area contributed by atoms with Crippen molar-refractivity contribution in [2.24, 2.45) is 11.8 Å². The molecule has 0 saturated heterocycles. The Morgan fingerprint density at radius 2 is 1.00 bits per heavy atom. The van der Waals surface area contributed by atoms with Gasteiger partial charge in [0.05, 0.1) is 0 Å². The van der Waals surface area contributed by atoms with Gasteiger partial charge < -0.3 is 6.92 Å². The topological polar surface area (TPSA) is 0 Å². The van der Waals surface area contributed by atoms with Crippen LogP contribution in [0.1, 0.15) is 62.3 Å². The van der Waals surface area contributed by atoms with Crippen molar-refractivity contribution in [3.63, 3.8) is 0 Å². The van der Waals surface area contributed by atoms with E-state index in [1.807, 2.05) is 7.63 Å². The van der Waals surface area contributed by atoms with Crippen LogP contribution in [0.3, 0.4) is 0 Å². The van der Waals surface area contributed by atoms with Gasteiger partial charge in [0.25, 0.3) is 0 Å². The zero-order valence-electron chi connectivity index (χ0n) is 17.3. The average Bonchev–Trinajstić information content (AvgIpc) is 2.87. The average molecular weight is 458 g/mol. The van der Waals surface area contributed by atoms with Crippen molar-refractivity contribution in [1.29, 1.82) is 0 Å². The summed E-state index contributed by atoms with van der Waals surface area (Å²) in [4.78, 5) is 0. The van der Waals surface area contributed by atoms with Gasteiger partial charge in [0.2, 0.25) is 0 Å². The molecule has 147 valence electrons. The van der Waals surface area contributed by atoms with E-state index in [-0.39, 0.29) is 41.6 Å². The first-order valence-electron chi connectivity index (χ1n) is 8.06. The molecule has 0 spiro atoms. The summed E-state index contributed by atoms with van der Waals surface area (Å²) < 4.78 is 0. The zero-order chi connectivity index (χ0) is 18.7. The van der Waals surface area contributed by atoms with E-state index >= 15 is 0 Å². The van der Waals surface area contributed by atoms with E-state index < -0.39 is 0 Å². The molecule has 25 heavy (non-hydrogen) atoms. The molecular weight excluding hydrogens is 423 g/mol. The molecule has 2 aliphatic carbocycles. The van der Waals surface area contributed by atoms with E-state index in [0.717, 1.165) is 0 Å². The molecule has 0 heterocycles. The SMILES string of the molecule is CC1=[C-]C(C)C(C)=C1C.CC1=[C-]C(C)C(C)=C1C.Cl.Cl.[CH2-]C.[SiH2]=[Ti][Cl]. The third kappa shape index (κ3) is 12.0. The van der Waals surface area contributed by atoms with Crippen molar-refractivity contribution >= 4 is 41.8 Å². The maximum atomic E-state index is 5.14. The van der Waals surface area contributed by atoms with Crippen LogP contribution in [0.15, 0.2) is 33.4 Å². The van der Waals surface area contributed by atoms with E-state index in [2.05, 4.69) is 74.5 Å². The normalized spacial score (nSPS) is 20.1. The van der Waals surface area contributed by atoms with Crippen LogP contribution >= 0.6 is 34.1 Å². The Morgan fingerprint density at radius 1 is 0.800 bits per heavy atom. The van der Waals surface area contributed by atoms with Gasteiger partial charge in [0, 0.05) is 0 Å². The van der Waals surface area contributed by atoms with Gasteiger partial charge in [-0.25, -0.2) is 11.1 Å². The molecule has 2 atom stereocenters. The third-order valence-corrected chi connectivity index (χ3v) is 4.47. The Morgan fingerprint density at radius 3 is 1.04 bits per heavy atom. The van der Waals surface area contributed by atoms with Crippen LogP contribution in [0, 0.1) is 30.9 Å². The monoisotopic (exact) mass is 456 g/mol. The van der Waals surface area contributed by atoms with Crippen molar-refractivity contribution in [1.82, 2.24) is 0 Å². The summed E-state index contributed by atoms with van der Waals surface area (Å²) in [7, 11) is 7.00. The van der Waals surface area contributed by atoms with Gasteiger partial charge in [0.1, 0.15) is 0 Å². The van der Waals surface area contributed by atoms with Gasteiger partial charge in [-0.3, -0.25) is 12.2 Å². The second-order valence-corrected chi connectivity index (χ2v) is 10.6. The summed E-state index contributed by atoms with van der Waals surface area (Å²) in [5.74, 6) is 1.12. The molecule has 0 aliphatic heterocycles. The van der Waals surface area contributed by atoms with Gasteiger partial charge in [-0.05, 0) is 0 Å². The molecule has 5 heteroatoms. The Labute approximate surface area is 184 Å². The third-order valence-electron chi connectivity index (χ3n) is 4.47. The number of hydrogen-bond acceptors (Lipinski definition) is 0. The molecule has 2 unspecified atom stereocenters. The number of allylic oxidation sites excluding steroid dienone is 8. The summed E-state index contributed by atoms with van der Waals surface area (Å²) in [6.45, 7) is 22.3. The van der Waals surface area contributed by atoms with Crippen LogP contribution < -0.4 is 0 Å². The fourth-order valence-corrected chi connectivity index (χ4v) is 2.32. The maximum absolute atomic E-state index is 5.14. The minimum absolute atomic E-state index is 0. The minimum atomic E-state index is 0. The van der Waals surface area contributed by atoms with Crippen molar-refractivity contribution < 1.29 is 16.8 Å². The predicted octanol–water partition coefficient (Wildman–Crippen LogP) is 6.90. The first kappa shape index (κ1) is 33.4. The summed E-state index contributed by atoms with van der Waals surface area (Å²) in [5.41, 5.74) is 8.49. The summed E-state index contributed by atoms with van der Waals surface area (Å²) in [5, 5.41) is 0. The molecule has 0 aromatic rings. The van der Waals surface area contributed by atoms with E-state index in [9.17, 15) is 0 Å². The van der Waals surface area contributed by atoms with Gasteiger partial charge in [-0.2, -0.15) is 29.2 Å². The molecule has 0 N–H and O–H groups in total. The second kappa shape index (κ2) is 18.1. The quantitative estimate of drug-likeness (QED) is 0.274. The van der Waals surface area contributed by atoms with Crippen molar-refractivity contribution in [2.45, 2.75) is 62.3 Å². The second-order valence-electron chi connectivity index (χ2n) is 5.73. The van der Waals surface area contributed by atoms with Gasteiger partial charge >= 0.3 is 33.8 Å². The summed E-state index contributed by atoms with van der Waals surface area (Å²) in [6, 6.07) is 0. The number of halogens is 3. The molecule has 0 aromatic carbocycles. The van der Waals surface area contributed by atoms with Crippen molar-refractivity contribution in [2.75, 3.05) is 0 Å². The first-order valence-corrected chi connectivity index (χ1v) is 14.2. The predicted molar refractivity (Wildman–Crippen MR) is 120 cm³/mol. The van der Waals surface area contributed by atoms with E-state index in [0.29, 0.717) is 11.8 Å². The molecule has 0 bridgehead atoms. The van der Waals surface area contributed by atoms with E-state index in [1.165, 1.54) is 33.4 Å². The fourth-order valence-electron chi connectivity index (χ4n) is 2.32. The van der Waals surface area contributed by atoms with Gasteiger partial charge in [-0.15, -0.1) is 38.7 Å². The Hall–Kier alpha value is 0.761. The standard InChI is InChI=1S/2C9H13.C2H5.3ClH.H2Si.Ti/c2*1-6-5-7(2)9(4)8(6)3;1-2;;;;;/h2*6H,1-4H3;1H2,2H3;3*1H;1H2;/q3*-1;;;;;+1/p-1. The summed E-state index contributed by atoms with van der Waals surface area (Å²) in [6.07, 6.45) is 6.72. The first-order chi connectivity index (χ1) is 10.7. The van der Waals surface area contributed by atoms with Crippen molar-refractivity contribution in [3.8, 4) is 0 Å². The van der Waals surface area contributed by atoms with Gasteiger partial charge in [0.15, 0.2) is 0 Å². The van der Waals surface area contributed by atoms with Crippen molar-refractivity contribution in [3.05, 3.63) is 52.5 Å². The molecule has 0 nitrogen and oxygen atoms in total. The molecule has 0 saturated carbocycles. The van der Waals surface area contributed by atoms with E-state index in [1.54, 1.807) is 6.92 Å². The number of hydrogen-bond donors (Lipinski definition) is 0. The molecular formula is C20H35Cl3SiTi-3. The van der Waals surface area contributed by atoms with Crippen LogP contribution in [-0.2, 0) is 16.8 Å². The van der Waals surface area contributed by atoms with Crippen LogP contribution in [0.2, 0.25) is 0 Å². The van der Waals surface area contributed by atoms with Crippen LogP contribution in [0.25, 0.3) is 0 Å². The number of rotatable bonds is 0. The Balaban J connectivity index is -0.000000132.